The zero-order chi connectivity index (χ0) is 11.4. The number of hydrogen-bond donors (Lipinski definition) is 1. The standard InChI is InChI=1S/C10H15N3O3/c1-14-8-5-9(15-2)13-10(12-8)11-7-3-4-16-6-7/h5,7H,3-4,6H2,1-2H3,(H,11,12,13). The van der Waals surface area contributed by atoms with E-state index in [1.807, 2.05) is 0 Å². The first-order valence-corrected chi connectivity index (χ1v) is 5.13. The van der Waals surface area contributed by atoms with Crippen molar-refractivity contribution < 1.29 is 14.2 Å². The molecule has 1 N–H and O–H groups in total. The lowest BCUT2D eigenvalue weighted by Crippen LogP contribution is -2.20. The van der Waals surface area contributed by atoms with Crippen LogP contribution in [0.25, 0.3) is 0 Å². The van der Waals surface area contributed by atoms with E-state index in [-0.39, 0.29) is 6.04 Å². The lowest BCUT2D eigenvalue weighted by atomic mass is 10.3. The number of aromatic nitrogens is 2. The molecular formula is C10H15N3O3. The SMILES string of the molecule is COc1cc(OC)nc(NC2CCOC2)n1. The number of hydrogen-bond acceptors (Lipinski definition) is 6. The van der Waals surface area contributed by atoms with E-state index >= 15 is 0 Å². The average Bonchev–Trinajstić information content (AvgIpc) is 2.81. The van der Waals surface area contributed by atoms with Gasteiger partial charge in [0.15, 0.2) is 0 Å². The Morgan fingerprint density at radius 3 is 2.50 bits per heavy atom. The Bertz CT molecular complexity index is 331. The van der Waals surface area contributed by atoms with Crippen LogP contribution in [0.15, 0.2) is 6.07 Å². The third kappa shape index (κ3) is 2.52. The van der Waals surface area contributed by atoms with Gasteiger partial charge in [-0.25, -0.2) is 0 Å². The Kier molecular flexibility index (Phi) is 3.40. The van der Waals surface area contributed by atoms with Crippen molar-refractivity contribution in [2.45, 2.75) is 12.5 Å². The highest BCUT2D eigenvalue weighted by Gasteiger charge is 2.17. The highest BCUT2D eigenvalue weighted by atomic mass is 16.5. The van der Waals surface area contributed by atoms with Crippen LogP contribution in [0.5, 0.6) is 11.8 Å². The van der Waals surface area contributed by atoms with Gasteiger partial charge in [0.2, 0.25) is 17.7 Å². The molecule has 0 saturated carbocycles. The molecule has 2 heterocycles. The van der Waals surface area contributed by atoms with Gasteiger partial charge in [-0.3, -0.25) is 0 Å². The van der Waals surface area contributed by atoms with Gasteiger partial charge in [0.05, 0.1) is 32.9 Å². The normalized spacial score (nSPS) is 19.5. The van der Waals surface area contributed by atoms with Gasteiger partial charge in [0, 0.05) is 6.61 Å². The van der Waals surface area contributed by atoms with E-state index in [4.69, 9.17) is 14.2 Å². The summed E-state index contributed by atoms with van der Waals surface area (Å²) in [7, 11) is 3.12. The summed E-state index contributed by atoms with van der Waals surface area (Å²) in [5.74, 6) is 1.47. The van der Waals surface area contributed by atoms with Gasteiger partial charge >= 0.3 is 0 Å². The van der Waals surface area contributed by atoms with Crippen molar-refractivity contribution in [3.05, 3.63) is 6.07 Å². The summed E-state index contributed by atoms with van der Waals surface area (Å²) in [5, 5.41) is 3.18. The maximum absolute atomic E-state index is 5.26. The van der Waals surface area contributed by atoms with Crippen molar-refractivity contribution >= 4 is 5.95 Å². The Balaban J connectivity index is 2.12. The van der Waals surface area contributed by atoms with Crippen molar-refractivity contribution in [2.24, 2.45) is 0 Å². The second-order valence-corrected chi connectivity index (χ2v) is 3.48. The van der Waals surface area contributed by atoms with Crippen molar-refractivity contribution in [1.29, 1.82) is 0 Å². The van der Waals surface area contributed by atoms with E-state index in [1.165, 1.54) is 0 Å². The number of methoxy groups -OCH3 is 2. The maximum Gasteiger partial charge on any atom is 0.229 e. The molecule has 6 heteroatoms. The number of nitrogens with one attached hydrogen (secondary N) is 1. The molecule has 0 spiro atoms. The summed E-state index contributed by atoms with van der Waals surface area (Å²) in [6.45, 7) is 1.46. The summed E-state index contributed by atoms with van der Waals surface area (Å²) in [4.78, 5) is 8.37. The van der Waals surface area contributed by atoms with Crippen molar-refractivity contribution in [1.82, 2.24) is 9.97 Å². The molecule has 2 rings (SSSR count). The van der Waals surface area contributed by atoms with E-state index in [9.17, 15) is 0 Å². The van der Waals surface area contributed by atoms with Crippen LogP contribution in [0.1, 0.15) is 6.42 Å². The van der Waals surface area contributed by atoms with E-state index in [0.29, 0.717) is 24.3 Å². The molecular weight excluding hydrogens is 210 g/mol. The predicted octanol–water partition coefficient (Wildman–Crippen LogP) is 0.695. The van der Waals surface area contributed by atoms with E-state index in [2.05, 4.69) is 15.3 Å². The molecule has 0 amide bonds. The average molecular weight is 225 g/mol. The summed E-state index contributed by atoms with van der Waals surface area (Å²) >= 11 is 0. The van der Waals surface area contributed by atoms with Crippen LogP contribution in [0.3, 0.4) is 0 Å². The van der Waals surface area contributed by atoms with Crippen molar-refractivity contribution in [3.63, 3.8) is 0 Å². The highest BCUT2D eigenvalue weighted by molar-refractivity contribution is 5.34. The Morgan fingerprint density at radius 1 is 1.31 bits per heavy atom. The number of anilines is 1. The quantitative estimate of drug-likeness (QED) is 0.813. The van der Waals surface area contributed by atoms with E-state index in [0.717, 1.165) is 13.0 Å². The van der Waals surface area contributed by atoms with Gasteiger partial charge in [-0.1, -0.05) is 0 Å². The van der Waals surface area contributed by atoms with Crippen LogP contribution in [-0.2, 0) is 4.74 Å². The molecule has 1 aliphatic rings. The van der Waals surface area contributed by atoms with Crippen molar-refractivity contribution in [3.8, 4) is 11.8 Å². The first-order chi connectivity index (χ1) is 7.81. The minimum absolute atomic E-state index is 0.261. The van der Waals surface area contributed by atoms with Gasteiger partial charge in [-0.2, -0.15) is 9.97 Å². The first kappa shape index (κ1) is 10.9. The van der Waals surface area contributed by atoms with E-state index < -0.39 is 0 Å². The van der Waals surface area contributed by atoms with Gasteiger partial charge in [0.1, 0.15) is 0 Å². The number of nitrogens with zero attached hydrogens (tertiary/aromatic N) is 2. The Hall–Kier alpha value is -1.56. The van der Waals surface area contributed by atoms with Gasteiger partial charge in [-0.15, -0.1) is 0 Å². The number of rotatable bonds is 4. The summed E-state index contributed by atoms with van der Waals surface area (Å²) < 4.78 is 15.4. The monoisotopic (exact) mass is 225 g/mol. The molecule has 1 atom stereocenters. The third-order valence-electron chi connectivity index (χ3n) is 2.36. The summed E-state index contributed by atoms with van der Waals surface area (Å²) in [5.41, 5.74) is 0. The van der Waals surface area contributed by atoms with Crippen molar-refractivity contribution in [2.75, 3.05) is 32.8 Å². The highest BCUT2D eigenvalue weighted by Crippen LogP contribution is 2.19. The molecule has 0 bridgehead atoms. The fourth-order valence-corrected chi connectivity index (χ4v) is 1.51. The van der Waals surface area contributed by atoms with Crippen LogP contribution >= 0.6 is 0 Å². The van der Waals surface area contributed by atoms with Gasteiger partial charge < -0.3 is 19.5 Å². The molecule has 1 aliphatic heterocycles. The molecule has 0 aliphatic carbocycles. The fraction of sp³-hybridized carbons (Fsp3) is 0.600. The molecule has 1 aromatic heterocycles. The minimum Gasteiger partial charge on any atom is -0.481 e. The van der Waals surface area contributed by atoms with Crippen LogP contribution in [0.4, 0.5) is 5.95 Å². The number of ether oxygens (including phenoxy) is 3. The zero-order valence-corrected chi connectivity index (χ0v) is 9.40. The van der Waals surface area contributed by atoms with E-state index in [1.54, 1.807) is 20.3 Å². The summed E-state index contributed by atoms with van der Waals surface area (Å²) in [6.07, 6.45) is 0.961. The van der Waals surface area contributed by atoms with Crippen LogP contribution in [0, 0.1) is 0 Å². The second kappa shape index (κ2) is 4.98. The van der Waals surface area contributed by atoms with Gasteiger partial charge in [-0.05, 0) is 6.42 Å². The zero-order valence-electron chi connectivity index (χ0n) is 9.40. The van der Waals surface area contributed by atoms with Crippen LogP contribution in [-0.4, -0.2) is 43.4 Å². The first-order valence-electron chi connectivity index (χ1n) is 5.13. The Labute approximate surface area is 93.9 Å². The summed E-state index contributed by atoms with van der Waals surface area (Å²) in [6, 6.07) is 1.90. The van der Waals surface area contributed by atoms with Crippen LogP contribution in [0.2, 0.25) is 0 Å². The predicted molar refractivity (Wildman–Crippen MR) is 58.0 cm³/mol. The van der Waals surface area contributed by atoms with Gasteiger partial charge in [0.25, 0.3) is 0 Å². The van der Waals surface area contributed by atoms with Crippen LogP contribution < -0.4 is 14.8 Å². The smallest absolute Gasteiger partial charge is 0.229 e. The largest absolute Gasteiger partial charge is 0.481 e. The molecule has 88 valence electrons. The second-order valence-electron chi connectivity index (χ2n) is 3.48. The topological polar surface area (TPSA) is 65.5 Å². The lowest BCUT2D eigenvalue weighted by Gasteiger charge is -2.11. The Morgan fingerprint density at radius 2 is 2.00 bits per heavy atom. The molecule has 6 nitrogen and oxygen atoms in total. The molecule has 1 unspecified atom stereocenters. The molecule has 0 aromatic carbocycles. The minimum atomic E-state index is 0.261. The lowest BCUT2D eigenvalue weighted by molar-refractivity contribution is 0.195. The molecule has 1 saturated heterocycles. The third-order valence-corrected chi connectivity index (χ3v) is 2.36. The molecule has 1 aromatic rings. The maximum atomic E-state index is 5.26. The molecule has 1 fully saturated rings. The molecule has 0 radical (unpaired) electrons. The fourth-order valence-electron chi connectivity index (χ4n) is 1.51. The molecule has 16 heavy (non-hydrogen) atoms.